The molecular weight excluding hydrogens is 320 g/mol. The number of piperidine rings is 1. The number of ether oxygens (including phenoxy) is 1. The molecule has 1 aliphatic rings. The van der Waals surface area contributed by atoms with Crippen LogP contribution in [-0.4, -0.2) is 53.3 Å². The first-order valence-corrected chi connectivity index (χ1v) is 8.60. The number of carbonyl (C=O) groups excluding carboxylic acids is 1. The van der Waals surface area contributed by atoms with Gasteiger partial charge < -0.3 is 19.3 Å². The zero-order valence-electron chi connectivity index (χ0n) is 14.6. The summed E-state index contributed by atoms with van der Waals surface area (Å²) in [6, 6.07) is 7.79. The first-order valence-electron chi connectivity index (χ1n) is 8.60. The second kappa shape index (κ2) is 7.27. The molecule has 6 heteroatoms. The molecule has 2 aromatic rings. The van der Waals surface area contributed by atoms with Crippen molar-refractivity contribution in [3.63, 3.8) is 0 Å². The number of benzene rings is 1. The number of carboxylic acids is 1. The Balaban J connectivity index is 1.92. The van der Waals surface area contributed by atoms with Gasteiger partial charge in [-0.05, 0) is 18.4 Å². The van der Waals surface area contributed by atoms with Crippen LogP contribution in [0.5, 0.6) is 0 Å². The molecule has 25 heavy (non-hydrogen) atoms. The average Bonchev–Trinajstić information content (AvgIpc) is 2.97. The highest BCUT2D eigenvalue weighted by Crippen LogP contribution is 2.27. The lowest BCUT2D eigenvalue weighted by atomic mass is 9.90. The van der Waals surface area contributed by atoms with E-state index in [4.69, 9.17) is 4.74 Å². The van der Waals surface area contributed by atoms with E-state index >= 15 is 0 Å². The van der Waals surface area contributed by atoms with Gasteiger partial charge in [0.2, 0.25) is 0 Å². The SMILES string of the molecule is COCCn1cc(C(=O)N2CC(C)CC(C(=O)O)C2)c2ccccc21. The quantitative estimate of drug-likeness (QED) is 0.904. The van der Waals surface area contributed by atoms with Gasteiger partial charge in [-0.2, -0.15) is 0 Å². The molecule has 1 aliphatic heterocycles. The number of amides is 1. The number of likely N-dealkylation sites (tertiary alicyclic amines) is 1. The summed E-state index contributed by atoms with van der Waals surface area (Å²) >= 11 is 0. The molecule has 1 amide bonds. The summed E-state index contributed by atoms with van der Waals surface area (Å²) in [5.74, 6) is -1.23. The number of aromatic nitrogens is 1. The summed E-state index contributed by atoms with van der Waals surface area (Å²) in [5, 5.41) is 10.2. The van der Waals surface area contributed by atoms with Gasteiger partial charge in [-0.1, -0.05) is 25.1 Å². The van der Waals surface area contributed by atoms with Crippen LogP contribution in [0.4, 0.5) is 0 Å². The van der Waals surface area contributed by atoms with Gasteiger partial charge in [0.1, 0.15) is 0 Å². The van der Waals surface area contributed by atoms with E-state index < -0.39 is 11.9 Å². The van der Waals surface area contributed by atoms with Crippen molar-refractivity contribution in [2.45, 2.75) is 19.9 Å². The zero-order valence-corrected chi connectivity index (χ0v) is 14.6. The second-order valence-electron chi connectivity index (χ2n) is 6.83. The number of rotatable bonds is 5. The summed E-state index contributed by atoms with van der Waals surface area (Å²) < 4.78 is 7.18. The van der Waals surface area contributed by atoms with Gasteiger partial charge >= 0.3 is 5.97 Å². The monoisotopic (exact) mass is 344 g/mol. The van der Waals surface area contributed by atoms with E-state index in [2.05, 4.69) is 0 Å². The Morgan fingerprint density at radius 1 is 1.28 bits per heavy atom. The molecule has 2 unspecified atom stereocenters. The van der Waals surface area contributed by atoms with E-state index in [1.165, 1.54) is 0 Å². The van der Waals surface area contributed by atoms with Crippen molar-refractivity contribution in [1.29, 1.82) is 0 Å². The van der Waals surface area contributed by atoms with Crippen molar-refractivity contribution in [3.8, 4) is 0 Å². The third-order valence-electron chi connectivity index (χ3n) is 4.85. The van der Waals surface area contributed by atoms with Crippen molar-refractivity contribution in [2.24, 2.45) is 11.8 Å². The molecule has 134 valence electrons. The molecule has 1 fully saturated rings. The molecule has 2 atom stereocenters. The third kappa shape index (κ3) is 3.54. The lowest BCUT2D eigenvalue weighted by Gasteiger charge is -2.34. The first kappa shape index (κ1) is 17.5. The Kier molecular flexibility index (Phi) is 5.08. The van der Waals surface area contributed by atoms with Crippen LogP contribution in [0.2, 0.25) is 0 Å². The summed E-state index contributed by atoms with van der Waals surface area (Å²) in [7, 11) is 1.65. The maximum atomic E-state index is 13.1. The Bertz CT molecular complexity index is 783. The minimum atomic E-state index is -0.827. The number of hydrogen-bond donors (Lipinski definition) is 1. The number of nitrogens with zero attached hydrogens (tertiary/aromatic N) is 2. The lowest BCUT2D eigenvalue weighted by molar-refractivity contribution is -0.143. The topological polar surface area (TPSA) is 71.8 Å². The maximum Gasteiger partial charge on any atom is 0.308 e. The number of carboxylic acid groups (broad SMARTS) is 1. The smallest absolute Gasteiger partial charge is 0.308 e. The molecule has 1 N–H and O–H groups in total. The first-order chi connectivity index (χ1) is 12.0. The Morgan fingerprint density at radius 3 is 2.76 bits per heavy atom. The predicted octanol–water partition coefficient (Wildman–Crippen LogP) is 2.47. The molecule has 1 saturated heterocycles. The minimum Gasteiger partial charge on any atom is -0.481 e. The van der Waals surface area contributed by atoms with Gasteiger partial charge in [0, 0.05) is 43.8 Å². The maximum absolute atomic E-state index is 13.1. The highest BCUT2D eigenvalue weighted by Gasteiger charge is 2.33. The minimum absolute atomic E-state index is 0.0924. The van der Waals surface area contributed by atoms with E-state index in [0.29, 0.717) is 31.7 Å². The second-order valence-corrected chi connectivity index (χ2v) is 6.83. The van der Waals surface area contributed by atoms with Gasteiger partial charge in [-0.3, -0.25) is 9.59 Å². The van der Waals surface area contributed by atoms with Crippen molar-refractivity contribution in [3.05, 3.63) is 36.0 Å². The summed E-state index contributed by atoms with van der Waals surface area (Å²) in [6.45, 7) is 4.10. The average molecular weight is 344 g/mol. The summed E-state index contributed by atoms with van der Waals surface area (Å²) in [6.07, 6.45) is 2.48. The van der Waals surface area contributed by atoms with Crippen LogP contribution < -0.4 is 0 Å². The summed E-state index contributed by atoms with van der Waals surface area (Å²) in [5.41, 5.74) is 1.62. The van der Waals surface area contributed by atoms with Gasteiger partial charge in [-0.25, -0.2) is 0 Å². The van der Waals surface area contributed by atoms with Gasteiger partial charge in [0.25, 0.3) is 5.91 Å². The highest BCUT2D eigenvalue weighted by molar-refractivity contribution is 6.07. The number of hydrogen-bond acceptors (Lipinski definition) is 3. The van der Waals surface area contributed by atoms with E-state index in [9.17, 15) is 14.7 Å². The van der Waals surface area contributed by atoms with Crippen LogP contribution in [0.15, 0.2) is 30.5 Å². The fourth-order valence-electron chi connectivity index (χ4n) is 3.66. The zero-order chi connectivity index (χ0) is 18.0. The van der Waals surface area contributed by atoms with E-state index in [1.54, 1.807) is 12.0 Å². The van der Waals surface area contributed by atoms with Crippen molar-refractivity contribution >= 4 is 22.8 Å². The number of para-hydroxylation sites is 1. The fraction of sp³-hybridized carbons (Fsp3) is 0.474. The van der Waals surface area contributed by atoms with E-state index in [1.807, 2.05) is 42.0 Å². The van der Waals surface area contributed by atoms with Crippen LogP contribution in [0.3, 0.4) is 0 Å². The molecule has 0 aliphatic carbocycles. The van der Waals surface area contributed by atoms with Crippen molar-refractivity contribution in [1.82, 2.24) is 9.47 Å². The Morgan fingerprint density at radius 2 is 2.04 bits per heavy atom. The van der Waals surface area contributed by atoms with Crippen LogP contribution in [-0.2, 0) is 16.1 Å². The molecule has 3 rings (SSSR count). The van der Waals surface area contributed by atoms with Crippen LogP contribution in [0.25, 0.3) is 10.9 Å². The number of carbonyl (C=O) groups is 2. The number of aliphatic carboxylic acids is 1. The van der Waals surface area contributed by atoms with Gasteiger partial charge in [0.15, 0.2) is 0 Å². The number of fused-ring (bicyclic) bond motifs is 1. The summed E-state index contributed by atoms with van der Waals surface area (Å²) in [4.78, 5) is 26.2. The largest absolute Gasteiger partial charge is 0.481 e. The fourth-order valence-corrected chi connectivity index (χ4v) is 3.66. The Labute approximate surface area is 147 Å². The Hall–Kier alpha value is -2.34. The van der Waals surface area contributed by atoms with Crippen molar-refractivity contribution in [2.75, 3.05) is 26.8 Å². The molecule has 0 spiro atoms. The van der Waals surface area contributed by atoms with E-state index in [-0.39, 0.29) is 18.4 Å². The van der Waals surface area contributed by atoms with Crippen LogP contribution in [0.1, 0.15) is 23.7 Å². The molecular formula is C19H24N2O4. The normalized spacial score (nSPS) is 20.8. The molecule has 0 bridgehead atoms. The lowest BCUT2D eigenvalue weighted by Crippen LogP contribution is -2.45. The van der Waals surface area contributed by atoms with E-state index in [0.717, 1.165) is 10.9 Å². The highest BCUT2D eigenvalue weighted by atomic mass is 16.5. The van der Waals surface area contributed by atoms with Crippen LogP contribution >= 0.6 is 0 Å². The molecule has 0 saturated carbocycles. The van der Waals surface area contributed by atoms with Crippen LogP contribution in [0, 0.1) is 11.8 Å². The molecule has 1 aromatic heterocycles. The molecule has 1 aromatic carbocycles. The predicted molar refractivity (Wildman–Crippen MR) is 94.6 cm³/mol. The number of methoxy groups -OCH3 is 1. The van der Waals surface area contributed by atoms with Crippen molar-refractivity contribution < 1.29 is 19.4 Å². The third-order valence-corrected chi connectivity index (χ3v) is 4.85. The standard InChI is InChI=1S/C19H24N2O4/c1-13-9-14(19(23)24)11-21(10-13)18(22)16-12-20(7-8-25-2)17-6-4-3-5-15(16)17/h3-6,12-14H,7-11H2,1-2H3,(H,23,24). The molecule has 0 radical (unpaired) electrons. The van der Waals surface area contributed by atoms with Gasteiger partial charge in [0.05, 0.1) is 18.1 Å². The molecule has 2 heterocycles. The molecule has 6 nitrogen and oxygen atoms in total. The van der Waals surface area contributed by atoms with Gasteiger partial charge in [-0.15, -0.1) is 0 Å².